The van der Waals surface area contributed by atoms with Crippen LogP contribution < -0.4 is 0 Å². The van der Waals surface area contributed by atoms with Crippen LogP contribution in [0.5, 0.6) is 0 Å². The van der Waals surface area contributed by atoms with Crippen molar-refractivity contribution in [3.8, 4) is 0 Å². The summed E-state index contributed by atoms with van der Waals surface area (Å²) in [6.45, 7) is 0.307. The van der Waals surface area contributed by atoms with Crippen molar-refractivity contribution in [1.29, 1.82) is 0 Å². The Bertz CT molecular complexity index is 334. The third-order valence-electron chi connectivity index (χ3n) is 2.05. The predicted octanol–water partition coefficient (Wildman–Crippen LogP) is 1.33. The van der Waals surface area contributed by atoms with E-state index in [9.17, 15) is 9.59 Å². The van der Waals surface area contributed by atoms with E-state index < -0.39 is 12.1 Å². The average Bonchev–Trinajstić information content (AvgIpc) is 2.35. The zero-order valence-electron chi connectivity index (χ0n) is 9.09. The molecule has 0 aromatic heterocycles. The van der Waals surface area contributed by atoms with Crippen molar-refractivity contribution in [2.75, 3.05) is 7.11 Å². The normalized spacial score (nSPS) is 11.8. The zero-order valence-corrected chi connectivity index (χ0v) is 9.09. The maximum absolute atomic E-state index is 10.9. The molecule has 0 N–H and O–H groups in total. The minimum Gasteiger partial charge on any atom is -0.469 e. The molecule has 0 spiro atoms. The highest BCUT2D eigenvalue weighted by Crippen LogP contribution is 2.05. The molecule has 16 heavy (non-hydrogen) atoms. The fourth-order valence-electron chi connectivity index (χ4n) is 1.17. The Hall–Kier alpha value is -1.68. The SMILES string of the molecule is COC(=O)C[C@@H](C=O)OCc1ccccc1. The molecule has 1 aromatic rings. The molecule has 4 nitrogen and oxygen atoms in total. The van der Waals surface area contributed by atoms with Crippen LogP contribution in [-0.2, 0) is 25.7 Å². The second kappa shape index (κ2) is 6.74. The molecule has 0 bridgehead atoms. The highest BCUT2D eigenvalue weighted by molar-refractivity contribution is 5.74. The standard InChI is InChI=1S/C12H14O4/c1-15-12(14)7-11(8-13)16-9-10-5-3-2-4-6-10/h2-6,8,11H,7,9H2,1H3/t11-/m0/s1. The van der Waals surface area contributed by atoms with E-state index in [1.807, 2.05) is 30.3 Å². The Morgan fingerprint density at radius 1 is 1.38 bits per heavy atom. The molecule has 0 saturated carbocycles. The van der Waals surface area contributed by atoms with Gasteiger partial charge >= 0.3 is 5.97 Å². The van der Waals surface area contributed by atoms with Crippen molar-refractivity contribution in [2.24, 2.45) is 0 Å². The lowest BCUT2D eigenvalue weighted by molar-refractivity contribution is -0.146. The van der Waals surface area contributed by atoms with Gasteiger partial charge in [-0.2, -0.15) is 0 Å². The Morgan fingerprint density at radius 2 is 2.06 bits per heavy atom. The second-order valence-corrected chi connectivity index (χ2v) is 3.25. The van der Waals surface area contributed by atoms with E-state index in [0.717, 1.165) is 5.56 Å². The summed E-state index contributed by atoms with van der Waals surface area (Å²) < 4.78 is 9.74. The number of hydrogen-bond donors (Lipinski definition) is 0. The molecule has 0 aliphatic rings. The number of ether oxygens (including phenoxy) is 2. The summed E-state index contributed by atoms with van der Waals surface area (Å²) in [5.41, 5.74) is 0.958. The molecular weight excluding hydrogens is 208 g/mol. The van der Waals surface area contributed by atoms with Crippen molar-refractivity contribution < 1.29 is 19.1 Å². The molecule has 0 unspecified atom stereocenters. The number of rotatable bonds is 6. The Balaban J connectivity index is 2.40. The average molecular weight is 222 g/mol. The monoisotopic (exact) mass is 222 g/mol. The van der Waals surface area contributed by atoms with Gasteiger partial charge in [0.15, 0.2) is 0 Å². The van der Waals surface area contributed by atoms with E-state index >= 15 is 0 Å². The summed E-state index contributed by atoms with van der Waals surface area (Å²) in [4.78, 5) is 21.6. The number of carbonyl (C=O) groups is 2. The van der Waals surface area contributed by atoms with Gasteiger partial charge in [0, 0.05) is 0 Å². The van der Waals surface area contributed by atoms with E-state index in [-0.39, 0.29) is 6.42 Å². The van der Waals surface area contributed by atoms with E-state index in [2.05, 4.69) is 4.74 Å². The molecule has 4 heteroatoms. The molecule has 0 radical (unpaired) electrons. The lowest BCUT2D eigenvalue weighted by Gasteiger charge is -2.10. The fraction of sp³-hybridized carbons (Fsp3) is 0.333. The van der Waals surface area contributed by atoms with E-state index in [1.54, 1.807) is 0 Å². The first-order chi connectivity index (χ1) is 7.76. The molecule has 1 atom stereocenters. The van der Waals surface area contributed by atoms with Crippen LogP contribution in [-0.4, -0.2) is 25.5 Å². The minimum absolute atomic E-state index is 0.0488. The van der Waals surface area contributed by atoms with Crippen LogP contribution in [0.25, 0.3) is 0 Å². The first kappa shape index (κ1) is 12.4. The first-order valence-electron chi connectivity index (χ1n) is 4.94. The number of carbonyl (C=O) groups excluding carboxylic acids is 2. The Kier molecular flexibility index (Phi) is 5.22. The summed E-state index contributed by atoms with van der Waals surface area (Å²) in [5, 5.41) is 0. The highest BCUT2D eigenvalue weighted by Gasteiger charge is 2.13. The van der Waals surface area contributed by atoms with Gasteiger partial charge in [0.05, 0.1) is 20.1 Å². The third kappa shape index (κ3) is 4.23. The van der Waals surface area contributed by atoms with Crippen LogP contribution in [0.1, 0.15) is 12.0 Å². The van der Waals surface area contributed by atoms with Crippen LogP contribution in [0.4, 0.5) is 0 Å². The summed E-state index contributed by atoms with van der Waals surface area (Å²) in [6.07, 6.45) is -0.181. The summed E-state index contributed by atoms with van der Waals surface area (Å²) in [6, 6.07) is 9.44. The minimum atomic E-state index is -0.743. The maximum atomic E-state index is 10.9. The Morgan fingerprint density at radius 3 is 2.62 bits per heavy atom. The molecular formula is C12H14O4. The molecule has 0 amide bonds. The molecule has 0 fully saturated rings. The summed E-state index contributed by atoms with van der Waals surface area (Å²) in [5.74, 6) is -0.454. The maximum Gasteiger partial charge on any atom is 0.308 e. The van der Waals surface area contributed by atoms with Gasteiger partial charge in [0.25, 0.3) is 0 Å². The van der Waals surface area contributed by atoms with Crippen molar-refractivity contribution in [3.05, 3.63) is 35.9 Å². The van der Waals surface area contributed by atoms with E-state index in [0.29, 0.717) is 12.9 Å². The van der Waals surface area contributed by atoms with Crippen molar-refractivity contribution >= 4 is 12.3 Å². The number of methoxy groups -OCH3 is 1. The van der Waals surface area contributed by atoms with Gasteiger partial charge < -0.3 is 14.3 Å². The van der Waals surface area contributed by atoms with Gasteiger partial charge in [-0.25, -0.2) is 0 Å². The highest BCUT2D eigenvalue weighted by atomic mass is 16.5. The molecule has 86 valence electrons. The molecule has 0 heterocycles. The molecule has 0 aliphatic carbocycles. The van der Waals surface area contributed by atoms with E-state index in [1.165, 1.54) is 7.11 Å². The quantitative estimate of drug-likeness (QED) is 0.538. The number of esters is 1. The van der Waals surface area contributed by atoms with Gasteiger partial charge in [-0.1, -0.05) is 30.3 Å². The third-order valence-corrected chi connectivity index (χ3v) is 2.05. The van der Waals surface area contributed by atoms with Gasteiger partial charge in [-0.05, 0) is 5.56 Å². The van der Waals surface area contributed by atoms with Crippen LogP contribution in [0, 0.1) is 0 Å². The van der Waals surface area contributed by atoms with Crippen LogP contribution in [0.2, 0.25) is 0 Å². The summed E-state index contributed by atoms with van der Waals surface area (Å²) >= 11 is 0. The number of aldehydes is 1. The zero-order chi connectivity index (χ0) is 11.8. The lowest BCUT2D eigenvalue weighted by Crippen LogP contribution is -2.19. The molecule has 0 aliphatic heterocycles. The number of benzene rings is 1. The van der Waals surface area contributed by atoms with Gasteiger partial charge in [0.1, 0.15) is 12.4 Å². The molecule has 1 rings (SSSR count). The van der Waals surface area contributed by atoms with Crippen LogP contribution >= 0.6 is 0 Å². The van der Waals surface area contributed by atoms with Crippen molar-refractivity contribution in [3.63, 3.8) is 0 Å². The second-order valence-electron chi connectivity index (χ2n) is 3.25. The molecule has 0 saturated heterocycles. The van der Waals surface area contributed by atoms with Crippen LogP contribution in [0.3, 0.4) is 0 Å². The van der Waals surface area contributed by atoms with E-state index in [4.69, 9.17) is 4.74 Å². The smallest absolute Gasteiger partial charge is 0.308 e. The van der Waals surface area contributed by atoms with Gasteiger partial charge in [-0.15, -0.1) is 0 Å². The Labute approximate surface area is 94.2 Å². The lowest BCUT2D eigenvalue weighted by atomic mass is 10.2. The number of hydrogen-bond acceptors (Lipinski definition) is 4. The first-order valence-corrected chi connectivity index (χ1v) is 4.94. The van der Waals surface area contributed by atoms with Gasteiger partial charge in [-0.3, -0.25) is 4.79 Å². The van der Waals surface area contributed by atoms with Crippen molar-refractivity contribution in [2.45, 2.75) is 19.1 Å². The van der Waals surface area contributed by atoms with Crippen LogP contribution in [0.15, 0.2) is 30.3 Å². The largest absolute Gasteiger partial charge is 0.469 e. The fourth-order valence-corrected chi connectivity index (χ4v) is 1.17. The van der Waals surface area contributed by atoms with Gasteiger partial charge in [0.2, 0.25) is 0 Å². The summed E-state index contributed by atoms with van der Waals surface area (Å²) in [7, 11) is 1.28. The van der Waals surface area contributed by atoms with Crippen molar-refractivity contribution in [1.82, 2.24) is 0 Å². The molecule has 1 aromatic carbocycles. The predicted molar refractivity (Wildman–Crippen MR) is 57.7 cm³/mol. The topological polar surface area (TPSA) is 52.6 Å².